The van der Waals surface area contributed by atoms with E-state index in [-0.39, 0.29) is 5.69 Å². The van der Waals surface area contributed by atoms with Crippen LogP contribution in [0, 0.1) is 0 Å². The number of aliphatic carboxylic acids is 1. The van der Waals surface area contributed by atoms with Crippen molar-refractivity contribution in [3.8, 4) is 0 Å². The fourth-order valence-electron chi connectivity index (χ4n) is 1.73. The van der Waals surface area contributed by atoms with E-state index in [4.69, 9.17) is 5.11 Å². The molecule has 116 valence electrons. The van der Waals surface area contributed by atoms with E-state index in [1.807, 2.05) is 13.2 Å². The van der Waals surface area contributed by atoms with E-state index in [0.29, 0.717) is 24.4 Å². The maximum atomic E-state index is 12.0. The molecule has 1 aromatic rings. The number of aromatic nitrogens is 2. The number of rotatable bonds is 8. The van der Waals surface area contributed by atoms with Gasteiger partial charge >= 0.3 is 5.97 Å². The van der Waals surface area contributed by atoms with Gasteiger partial charge in [-0.2, -0.15) is 11.8 Å². The van der Waals surface area contributed by atoms with Crippen LogP contribution in [0.1, 0.15) is 42.5 Å². The lowest BCUT2D eigenvalue weighted by Gasteiger charge is -2.13. The minimum atomic E-state index is -1.09. The highest BCUT2D eigenvalue weighted by molar-refractivity contribution is 7.97. The molecule has 0 fully saturated rings. The van der Waals surface area contributed by atoms with Crippen LogP contribution in [0.25, 0.3) is 0 Å². The molecule has 8 heteroatoms. The summed E-state index contributed by atoms with van der Waals surface area (Å²) in [6, 6.07) is 0.0975. The zero-order valence-electron chi connectivity index (χ0n) is 12.0. The van der Waals surface area contributed by atoms with Crippen LogP contribution in [-0.2, 0) is 10.5 Å². The van der Waals surface area contributed by atoms with Gasteiger partial charge in [-0.05, 0) is 12.7 Å². The van der Waals surface area contributed by atoms with Crippen LogP contribution in [-0.4, -0.2) is 39.2 Å². The average molecular weight is 313 g/mol. The third kappa shape index (κ3) is 5.58. The van der Waals surface area contributed by atoms with E-state index in [1.165, 1.54) is 11.8 Å². The van der Waals surface area contributed by atoms with Crippen molar-refractivity contribution in [3.63, 3.8) is 0 Å². The minimum absolute atomic E-state index is 0.0643. The summed E-state index contributed by atoms with van der Waals surface area (Å²) >= 11 is 1.46. The summed E-state index contributed by atoms with van der Waals surface area (Å²) in [5, 5.41) is 11.5. The van der Waals surface area contributed by atoms with Crippen LogP contribution in [0.15, 0.2) is 10.9 Å². The van der Waals surface area contributed by atoms with Gasteiger partial charge in [0.05, 0.1) is 5.75 Å². The van der Waals surface area contributed by atoms with Gasteiger partial charge in [-0.15, -0.1) is 0 Å². The topological polar surface area (TPSA) is 112 Å². The van der Waals surface area contributed by atoms with Crippen molar-refractivity contribution in [2.45, 2.75) is 38.0 Å². The number of carbonyl (C=O) groups excluding carboxylic acids is 1. The Morgan fingerprint density at radius 3 is 2.81 bits per heavy atom. The maximum Gasteiger partial charge on any atom is 0.326 e. The van der Waals surface area contributed by atoms with E-state index < -0.39 is 23.5 Å². The SMILES string of the molecule is CCCCC(NC(=O)c1cc(=O)[nH]c(CSC)n1)C(=O)O. The standard InChI is InChI=1S/C13H19N3O4S/c1-3-4-5-8(13(19)20)15-12(18)9-6-11(17)16-10(14-9)7-21-2/h6,8H,3-5,7H2,1-2H3,(H,15,18)(H,19,20)(H,14,16,17). The fourth-order valence-corrected chi connectivity index (χ4v) is 2.14. The summed E-state index contributed by atoms with van der Waals surface area (Å²) in [7, 11) is 0. The summed E-state index contributed by atoms with van der Waals surface area (Å²) < 4.78 is 0. The second-order valence-electron chi connectivity index (χ2n) is 4.52. The summed E-state index contributed by atoms with van der Waals surface area (Å²) in [5.41, 5.74) is -0.495. The van der Waals surface area contributed by atoms with Gasteiger partial charge in [-0.3, -0.25) is 9.59 Å². The lowest BCUT2D eigenvalue weighted by atomic mass is 10.1. The molecule has 0 aliphatic heterocycles. The molecule has 1 heterocycles. The van der Waals surface area contributed by atoms with Gasteiger partial charge in [0.2, 0.25) is 0 Å². The van der Waals surface area contributed by atoms with Crippen molar-refractivity contribution < 1.29 is 14.7 Å². The Kier molecular flexibility index (Phi) is 6.93. The molecule has 1 rings (SSSR count). The second kappa shape index (κ2) is 8.46. The first-order valence-electron chi connectivity index (χ1n) is 6.60. The predicted octanol–water partition coefficient (Wildman–Crippen LogP) is 1.01. The van der Waals surface area contributed by atoms with Gasteiger partial charge in [-0.1, -0.05) is 19.8 Å². The largest absolute Gasteiger partial charge is 0.480 e. The van der Waals surface area contributed by atoms with E-state index >= 15 is 0 Å². The smallest absolute Gasteiger partial charge is 0.326 e. The molecule has 0 aliphatic rings. The molecular formula is C13H19N3O4S. The maximum absolute atomic E-state index is 12.0. The number of H-pyrrole nitrogens is 1. The van der Waals surface area contributed by atoms with Gasteiger partial charge in [0, 0.05) is 6.07 Å². The number of hydrogen-bond acceptors (Lipinski definition) is 5. The van der Waals surface area contributed by atoms with Gasteiger partial charge in [0.1, 0.15) is 17.6 Å². The second-order valence-corrected chi connectivity index (χ2v) is 5.38. The normalized spacial score (nSPS) is 11.9. The van der Waals surface area contributed by atoms with Gasteiger partial charge in [0.25, 0.3) is 11.5 Å². The van der Waals surface area contributed by atoms with Crippen LogP contribution in [0.2, 0.25) is 0 Å². The number of nitrogens with zero attached hydrogens (tertiary/aromatic N) is 1. The molecule has 0 saturated heterocycles. The van der Waals surface area contributed by atoms with Gasteiger partial charge in [-0.25, -0.2) is 9.78 Å². The lowest BCUT2D eigenvalue weighted by Crippen LogP contribution is -2.41. The number of hydrogen-bond donors (Lipinski definition) is 3. The Morgan fingerprint density at radius 1 is 1.52 bits per heavy atom. The highest BCUT2D eigenvalue weighted by Crippen LogP contribution is 2.05. The van der Waals surface area contributed by atoms with Gasteiger partial charge < -0.3 is 15.4 Å². The van der Waals surface area contributed by atoms with Crippen molar-refractivity contribution in [2.75, 3.05) is 6.26 Å². The average Bonchev–Trinajstić information content (AvgIpc) is 2.42. The molecule has 3 N–H and O–H groups in total. The Labute approximate surface area is 126 Å². The Morgan fingerprint density at radius 2 is 2.24 bits per heavy atom. The van der Waals surface area contributed by atoms with E-state index in [1.54, 1.807) is 0 Å². The Balaban J connectivity index is 2.86. The summed E-state index contributed by atoms with van der Waals surface area (Å²) in [6.07, 6.45) is 3.72. The van der Waals surface area contributed by atoms with E-state index in [0.717, 1.165) is 12.5 Å². The molecule has 0 spiro atoms. The molecule has 0 bridgehead atoms. The van der Waals surface area contributed by atoms with E-state index in [9.17, 15) is 14.4 Å². The van der Waals surface area contributed by atoms with Crippen LogP contribution in [0.3, 0.4) is 0 Å². The molecule has 1 aromatic heterocycles. The first-order chi connectivity index (χ1) is 9.97. The molecule has 0 aliphatic carbocycles. The van der Waals surface area contributed by atoms with Crippen LogP contribution < -0.4 is 10.9 Å². The number of amides is 1. The van der Waals surface area contributed by atoms with Crippen LogP contribution in [0.4, 0.5) is 0 Å². The molecular weight excluding hydrogens is 294 g/mol. The Bertz CT molecular complexity index is 559. The Hall–Kier alpha value is -1.83. The number of carboxylic acids is 1. The van der Waals surface area contributed by atoms with Crippen molar-refractivity contribution >= 4 is 23.6 Å². The number of carboxylic acid groups (broad SMARTS) is 1. The molecule has 1 amide bonds. The fraction of sp³-hybridized carbons (Fsp3) is 0.538. The third-order valence-corrected chi connectivity index (χ3v) is 3.32. The third-order valence-electron chi connectivity index (χ3n) is 2.75. The monoisotopic (exact) mass is 313 g/mol. The van der Waals surface area contributed by atoms with Crippen molar-refractivity contribution in [1.29, 1.82) is 0 Å². The number of unbranched alkanes of at least 4 members (excludes halogenated alkanes) is 1. The quantitative estimate of drug-likeness (QED) is 0.660. The van der Waals surface area contributed by atoms with Crippen molar-refractivity contribution in [2.24, 2.45) is 0 Å². The summed E-state index contributed by atoms with van der Waals surface area (Å²) in [5.74, 6) is -0.882. The molecule has 0 saturated carbocycles. The molecule has 0 radical (unpaired) electrons. The summed E-state index contributed by atoms with van der Waals surface area (Å²) in [6.45, 7) is 1.94. The number of carbonyl (C=O) groups is 2. The first-order valence-corrected chi connectivity index (χ1v) is 8.00. The van der Waals surface area contributed by atoms with Crippen molar-refractivity contribution in [3.05, 3.63) is 27.9 Å². The highest BCUT2D eigenvalue weighted by Gasteiger charge is 2.21. The summed E-state index contributed by atoms with van der Waals surface area (Å²) in [4.78, 5) is 41.2. The molecule has 7 nitrogen and oxygen atoms in total. The van der Waals surface area contributed by atoms with E-state index in [2.05, 4.69) is 15.3 Å². The number of nitrogens with one attached hydrogen (secondary N) is 2. The molecule has 1 unspecified atom stereocenters. The number of thioether (sulfide) groups is 1. The van der Waals surface area contributed by atoms with Gasteiger partial charge in [0.15, 0.2) is 0 Å². The highest BCUT2D eigenvalue weighted by atomic mass is 32.2. The van der Waals surface area contributed by atoms with Crippen LogP contribution >= 0.6 is 11.8 Å². The van der Waals surface area contributed by atoms with Crippen LogP contribution in [0.5, 0.6) is 0 Å². The lowest BCUT2D eigenvalue weighted by molar-refractivity contribution is -0.139. The zero-order chi connectivity index (χ0) is 15.8. The molecule has 0 aromatic carbocycles. The number of aromatic amines is 1. The van der Waals surface area contributed by atoms with Crippen molar-refractivity contribution in [1.82, 2.24) is 15.3 Å². The molecule has 21 heavy (non-hydrogen) atoms. The first kappa shape index (κ1) is 17.2. The molecule has 1 atom stereocenters. The minimum Gasteiger partial charge on any atom is -0.480 e. The predicted molar refractivity (Wildman–Crippen MR) is 80.5 cm³/mol. The zero-order valence-corrected chi connectivity index (χ0v) is 12.8.